The van der Waals surface area contributed by atoms with Crippen molar-refractivity contribution in [3.63, 3.8) is 0 Å². The highest BCUT2D eigenvalue weighted by Gasteiger charge is 2.28. The van der Waals surface area contributed by atoms with Crippen molar-refractivity contribution in [3.8, 4) is 0 Å². The van der Waals surface area contributed by atoms with Gasteiger partial charge >= 0.3 is 5.97 Å². The Labute approximate surface area is 121 Å². The molecule has 1 aromatic rings. The molecule has 0 spiro atoms. The summed E-state index contributed by atoms with van der Waals surface area (Å²) in [7, 11) is 0. The van der Waals surface area contributed by atoms with Crippen molar-refractivity contribution < 1.29 is 14.6 Å². The van der Waals surface area contributed by atoms with Gasteiger partial charge in [0.25, 0.3) is 0 Å². The van der Waals surface area contributed by atoms with E-state index in [-0.39, 0.29) is 6.10 Å². The lowest BCUT2D eigenvalue weighted by atomic mass is 9.82. The van der Waals surface area contributed by atoms with Gasteiger partial charge < -0.3 is 0 Å². The lowest BCUT2D eigenvalue weighted by molar-refractivity contribution is -0.291. The van der Waals surface area contributed by atoms with Gasteiger partial charge in [-0.25, -0.2) is 4.79 Å². The van der Waals surface area contributed by atoms with Gasteiger partial charge in [-0.3, -0.25) is 4.89 Å². The van der Waals surface area contributed by atoms with Crippen LogP contribution in [0.2, 0.25) is 0 Å². The largest absolute Gasteiger partial charge is 0.373 e. The topological polar surface area (TPSA) is 35.5 Å². The Bertz CT molecular complexity index is 481. The Hall–Kier alpha value is -1.35. The molecule has 3 unspecified atom stereocenters. The highest BCUT2D eigenvalue weighted by molar-refractivity contribution is 5.90. The fraction of sp³-hybridized carbons (Fsp3) is 0.588. The summed E-state index contributed by atoms with van der Waals surface area (Å²) in [4.78, 5) is 22.5. The summed E-state index contributed by atoms with van der Waals surface area (Å²) < 4.78 is 0. The van der Waals surface area contributed by atoms with E-state index in [1.54, 1.807) is 6.07 Å². The van der Waals surface area contributed by atoms with Crippen LogP contribution >= 0.6 is 0 Å². The minimum absolute atomic E-state index is 0.0217. The van der Waals surface area contributed by atoms with Gasteiger partial charge in [0.05, 0.1) is 5.56 Å². The van der Waals surface area contributed by atoms with Crippen molar-refractivity contribution in [2.75, 3.05) is 0 Å². The zero-order chi connectivity index (χ0) is 14.7. The molecule has 1 aliphatic carbocycles. The van der Waals surface area contributed by atoms with Crippen LogP contribution in [0.25, 0.3) is 0 Å². The number of rotatable bonds is 3. The molecule has 0 aliphatic heterocycles. The minimum Gasteiger partial charge on any atom is -0.293 e. The summed E-state index contributed by atoms with van der Waals surface area (Å²) in [6.45, 7) is 8.29. The first-order chi connectivity index (χ1) is 9.47. The summed E-state index contributed by atoms with van der Waals surface area (Å²) in [5.41, 5.74) is 2.63. The number of hydrogen-bond acceptors (Lipinski definition) is 3. The first-order valence-electron chi connectivity index (χ1n) is 7.42. The second-order valence-electron chi connectivity index (χ2n) is 6.22. The Morgan fingerprint density at radius 1 is 1.20 bits per heavy atom. The fourth-order valence-electron chi connectivity index (χ4n) is 2.81. The number of benzene rings is 1. The molecule has 0 N–H and O–H groups in total. The van der Waals surface area contributed by atoms with E-state index in [2.05, 4.69) is 13.8 Å². The summed E-state index contributed by atoms with van der Waals surface area (Å²) >= 11 is 0. The Morgan fingerprint density at radius 3 is 2.65 bits per heavy atom. The van der Waals surface area contributed by atoms with Crippen molar-refractivity contribution in [2.45, 2.75) is 53.1 Å². The molecule has 0 aromatic heterocycles. The van der Waals surface area contributed by atoms with Crippen LogP contribution in [-0.2, 0) is 9.78 Å². The van der Waals surface area contributed by atoms with E-state index >= 15 is 0 Å². The molecule has 3 atom stereocenters. The molecule has 3 heteroatoms. The maximum absolute atomic E-state index is 12.1. The predicted molar refractivity (Wildman–Crippen MR) is 78.4 cm³/mol. The van der Waals surface area contributed by atoms with Crippen LogP contribution in [0.15, 0.2) is 18.2 Å². The first kappa shape index (κ1) is 15.0. The number of hydrogen-bond donors (Lipinski definition) is 0. The van der Waals surface area contributed by atoms with Crippen molar-refractivity contribution in [2.24, 2.45) is 11.8 Å². The molecule has 1 aliphatic rings. The summed E-state index contributed by atoms with van der Waals surface area (Å²) in [6, 6.07) is 5.68. The lowest BCUT2D eigenvalue weighted by Crippen LogP contribution is -2.30. The molecule has 0 bridgehead atoms. The number of carbonyl (C=O) groups excluding carboxylic acids is 1. The van der Waals surface area contributed by atoms with E-state index in [9.17, 15) is 4.79 Å². The van der Waals surface area contributed by atoms with Crippen molar-refractivity contribution >= 4 is 5.97 Å². The minimum atomic E-state index is -0.395. The highest BCUT2D eigenvalue weighted by Crippen LogP contribution is 2.30. The smallest absolute Gasteiger partial charge is 0.293 e. The molecule has 2 rings (SSSR count). The van der Waals surface area contributed by atoms with Crippen LogP contribution in [-0.4, -0.2) is 12.1 Å². The average molecular weight is 276 g/mol. The van der Waals surface area contributed by atoms with Gasteiger partial charge in [0.2, 0.25) is 0 Å². The van der Waals surface area contributed by atoms with E-state index in [1.165, 1.54) is 6.42 Å². The molecular weight excluding hydrogens is 252 g/mol. The van der Waals surface area contributed by atoms with Crippen molar-refractivity contribution in [1.29, 1.82) is 0 Å². The first-order valence-corrected chi connectivity index (χ1v) is 7.42. The van der Waals surface area contributed by atoms with Crippen LogP contribution in [0.3, 0.4) is 0 Å². The molecule has 0 amide bonds. The van der Waals surface area contributed by atoms with Crippen molar-refractivity contribution in [1.82, 2.24) is 0 Å². The van der Waals surface area contributed by atoms with E-state index in [0.717, 1.165) is 24.0 Å². The van der Waals surface area contributed by atoms with Gasteiger partial charge in [0.1, 0.15) is 6.10 Å². The molecule has 0 radical (unpaired) electrons. The molecule has 1 fully saturated rings. The van der Waals surface area contributed by atoms with Gasteiger partial charge in [0.15, 0.2) is 0 Å². The third-order valence-corrected chi connectivity index (χ3v) is 4.23. The van der Waals surface area contributed by atoms with Crippen LogP contribution in [0.5, 0.6) is 0 Å². The molecule has 1 saturated carbocycles. The molecule has 3 nitrogen and oxygen atoms in total. The fourth-order valence-corrected chi connectivity index (χ4v) is 2.81. The van der Waals surface area contributed by atoms with Crippen LogP contribution in [0.4, 0.5) is 0 Å². The maximum Gasteiger partial charge on any atom is 0.373 e. The molecule has 0 saturated heterocycles. The van der Waals surface area contributed by atoms with Gasteiger partial charge in [-0.15, -0.1) is 0 Å². The van der Waals surface area contributed by atoms with Crippen LogP contribution < -0.4 is 0 Å². The highest BCUT2D eigenvalue weighted by atomic mass is 17.2. The van der Waals surface area contributed by atoms with Crippen LogP contribution in [0.1, 0.15) is 54.6 Å². The van der Waals surface area contributed by atoms with Gasteiger partial charge in [-0.2, -0.15) is 4.89 Å². The van der Waals surface area contributed by atoms with Crippen molar-refractivity contribution in [3.05, 3.63) is 34.9 Å². The lowest BCUT2D eigenvalue weighted by Gasteiger charge is -2.30. The van der Waals surface area contributed by atoms with E-state index < -0.39 is 5.97 Å². The second-order valence-corrected chi connectivity index (χ2v) is 6.22. The second kappa shape index (κ2) is 6.40. The monoisotopic (exact) mass is 276 g/mol. The van der Waals surface area contributed by atoms with E-state index in [0.29, 0.717) is 17.4 Å². The molecule has 110 valence electrons. The Kier molecular flexibility index (Phi) is 4.81. The molecule has 0 heterocycles. The van der Waals surface area contributed by atoms with E-state index in [1.807, 2.05) is 26.0 Å². The zero-order valence-corrected chi connectivity index (χ0v) is 12.8. The molecule has 1 aromatic carbocycles. The zero-order valence-electron chi connectivity index (χ0n) is 12.8. The predicted octanol–water partition coefficient (Wildman–Crippen LogP) is 4.22. The van der Waals surface area contributed by atoms with Crippen LogP contribution in [0, 0.1) is 25.7 Å². The third-order valence-electron chi connectivity index (χ3n) is 4.23. The van der Waals surface area contributed by atoms with E-state index in [4.69, 9.17) is 9.78 Å². The van der Waals surface area contributed by atoms with Gasteiger partial charge in [0, 0.05) is 0 Å². The molecule has 20 heavy (non-hydrogen) atoms. The Balaban J connectivity index is 1.94. The van der Waals surface area contributed by atoms with Gasteiger partial charge in [-0.1, -0.05) is 38.0 Å². The normalized spacial score (nSPS) is 26.3. The summed E-state index contributed by atoms with van der Waals surface area (Å²) in [6.07, 6.45) is 3.34. The summed E-state index contributed by atoms with van der Waals surface area (Å²) in [5, 5.41) is 0. The SMILES string of the molecule is Cc1ccc(C(=O)OOC2CC(C)CCC2C)c(C)c1. The molecular formula is C17H24O3. The quantitative estimate of drug-likeness (QED) is 0.612. The number of aryl methyl sites for hydroxylation is 2. The number of carbonyl (C=O) groups is 1. The third kappa shape index (κ3) is 3.60. The summed E-state index contributed by atoms with van der Waals surface area (Å²) in [5.74, 6) is 0.682. The maximum atomic E-state index is 12.1. The average Bonchev–Trinajstić information content (AvgIpc) is 2.39. The standard InChI is InChI=1S/C17H24O3/c1-11-6-8-15(14(4)9-11)17(18)20-19-16-10-12(2)5-7-13(16)3/h6,8-9,12-13,16H,5,7,10H2,1-4H3. The Morgan fingerprint density at radius 2 is 1.95 bits per heavy atom. The van der Waals surface area contributed by atoms with Gasteiger partial charge in [-0.05, 0) is 50.2 Å².